The monoisotopic (exact) mass is 494 g/mol. The lowest BCUT2D eigenvalue weighted by atomic mass is 10.1. The second kappa shape index (κ2) is 12.9. The van der Waals surface area contributed by atoms with Crippen molar-refractivity contribution >= 4 is 22.0 Å². The molecule has 186 valence electrons. The van der Waals surface area contributed by atoms with E-state index in [4.69, 9.17) is 29.3 Å². The summed E-state index contributed by atoms with van der Waals surface area (Å²) in [5, 5.41) is 14.8. The van der Waals surface area contributed by atoms with Crippen LogP contribution in [0.25, 0.3) is 0 Å². The zero-order valence-corrected chi connectivity index (χ0v) is 20.0. The van der Waals surface area contributed by atoms with Crippen molar-refractivity contribution in [2.75, 3.05) is 39.0 Å². The van der Waals surface area contributed by atoms with Crippen molar-refractivity contribution in [1.82, 2.24) is 9.21 Å². The summed E-state index contributed by atoms with van der Waals surface area (Å²) in [5.41, 5.74) is 2.23. The molecule has 0 amide bonds. The summed E-state index contributed by atoms with van der Waals surface area (Å²) in [6.45, 7) is 5.49. The van der Waals surface area contributed by atoms with E-state index in [1.54, 1.807) is 18.3 Å². The molecule has 2 N–H and O–H groups in total. The van der Waals surface area contributed by atoms with Crippen LogP contribution in [0, 0.1) is 0 Å². The zero-order valence-electron chi connectivity index (χ0n) is 19.2. The van der Waals surface area contributed by atoms with Crippen LogP contribution in [0.4, 0.5) is 0 Å². The lowest BCUT2D eigenvalue weighted by molar-refractivity contribution is -0.159. The first kappa shape index (κ1) is 27.1. The number of carbonyl (C=O) groups is 2. The third kappa shape index (κ3) is 8.32. The van der Waals surface area contributed by atoms with Crippen molar-refractivity contribution < 1.29 is 37.7 Å². The Labute approximate surface area is 199 Å². The van der Waals surface area contributed by atoms with Crippen molar-refractivity contribution in [1.29, 1.82) is 0 Å². The Morgan fingerprint density at radius 1 is 0.912 bits per heavy atom. The molecule has 0 spiro atoms. The summed E-state index contributed by atoms with van der Waals surface area (Å²) in [6, 6.07) is 16.0. The summed E-state index contributed by atoms with van der Waals surface area (Å²) in [6.07, 6.45) is 0. The Morgan fingerprint density at radius 3 is 2.06 bits per heavy atom. The maximum atomic E-state index is 12.0. The van der Waals surface area contributed by atoms with Gasteiger partial charge in [-0.3, -0.25) is 4.90 Å². The molecule has 0 radical (unpaired) electrons. The number of nitrogens with zero attached hydrogens (tertiary/aromatic N) is 2. The smallest absolute Gasteiger partial charge is 0.414 e. The number of ether oxygens (including phenoxy) is 2. The van der Waals surface area contributed by atoms with Gasteiger partial charge in [-0.15, -0.1) is 0 Å². The summed E-state index contributed by atoms with van der Waals surface area (Å²) in [5.74, 6) is -2.06. The molecule has 1 saturated heterocycles. The molecule has 2 aromatic rings. The molecule has 1 heterocycles. The summed E-state index contributed by atoms with van der Waals surface area (Å²) in [7, 11) is -1.45. The van der Waals surface area contributed by atoms with E-state index in [1.165, 1.54) is 0 Å². The fraction of sp³-hybridized carbons (Fsp3) is 0.391. The largest absolute Gasteiger partial charge is 0.493 e. The van der Waals surface area contributed by atoms with Crippen molar-refractivity contribution in [2.24, 2.45) is 0 Å². The third-order valence-electron chi connectivity index (χ3n) is 5.14. The minimum absolute atomic E-state index is 0.161. The fourth-order valence-corrected chi connectivity index (χ4v) is 4.36. The second-order valence-corrected chi connectivity index (χ2v) is 9.70. The lowest BCUT2D eigenvalue weighted by Crippen LogP contribution is -2.48. The highest BCUT2D eigenvalue weighted by Gasteiger charge is 2.25. The lowest BCUT2D eigenvalue weighted by Gasteiger charge is -2.33. The van der Waals surface area contributed by atoms with Crippen LogP contribution in [-0.4, -0.2) is 78.8 Å². The van der Waals surface area contributed by atoms with Gasteiger partial charge in [-0.05, 0) is 30.2 Å². The van der Waals surface area contributed by atoms with Crippen LogP contribution in [0.1, 0.15) is 18.1 Å². The van der Waals surface area contributed by atoms with Gasteiger partial charge in [-0.1, -0.05) is 36.4 Å². The average Bonchev–Trinajstić information content (AvgIpc) is 2.84. The molecule has 0 bridgehead atoms. The Balaban J connectivity index is 0.000000604. The van der Waals surface area contributed by atoms with Gasteiger partial charge in [0, 0.05) is 32.7 Å². The highest BCUT2D eigenvalue weighted by molar-refractivity contribution is 7.89. The van der Waals surface area contributed by atoms with E-state index in [0.717, 1.165) is 30.8 Å². The predicted molar refractivity (Wildman–Crippen MR) is 125 cm³/mol. The number of rotatable bonds is 8. The minimum atomic E-state index is -3.09. The van der Waals surface area contributed by atoms with E-state index in [1.807, 2.05) is 48.5 Å². The van der Waals surface area contributed by atoms with Gasteiger partial charge in [-0.25, -0.2) is 18.0 Å². The van der Waals surface area contributed by atoms with Gasteiger partial charge in [0.15, 0.2) is 11.5 Å². The van der Waals surface area contributed by atoms with Crippen LogP contribution in [-0.2, 0) is 32.8 Å². The van der Waals surface area contributed by atoms with E-state index in [0.29, 0.717) is 31.2 Å². The molecule has 0 aromatic heterocycles. The van der Waals surface area contributed by atoms with Crippen molar-refractivity contribution in [3.8, 4) is 11.5 Å². The standard InChI is InChI=1S/C21H28N2O4S.C2H2O4/c1-3-28(24,25)23-13-11-22(12-14-23)16-19-9-10-20(21(15-19)26-2)27-17-18-7-5-4-6-8-18;3-1(4)2(5)6/h4-10,15H,3,11-14,16-17H2,1-2H3;(H,3,4)(H,5,6). The fourth-order valence-electron chi connectivity index (χ4n) is 3.27. The van der Waals surface area contributed by atoms with E-state index >= 15 is 0 Å². The summed E-state index contributed by atoms with van der Waals surface area (Å²) in [4.78, 5) is 20.5. The number of piperazine rings is 1. The normalized spacial score (nSPS) is 14.5. The number of carboxylic acid groups (broad SMARTS) is 2. The molecule has 1 aliphatic heterocycles. The van der Waals surface area contributed by atoms with E-state index in [-0.39, 0.29) is 5.75 Å². The quantitative estimate of drug-likeness (QED) is 0.528. The van der Waals surface area contributed by atoms with E-state index < -0.39 is 22.0 Å². The summed E-state index contributed by atoms with van der Waals surface area (Å²) >= 11 is 0. The molecule has 3 rings (SSSR count). The number of hydrogen-bond donors (Lipinski definition) is 2. The van der Waals surface area contributed by atoms with Crippen LogP contribution in [0.3, 0.4) is 0 Å². The molecule has 0 saturated carbocycles. The highest BCUT2D eigenvalue weighted by Crippen LogP contribution is 2.29. The number of carboxylic acids is 2. The molecule has 0 unspecified atom stereocenters. The van der Waals surface area contributed by atoms with Gasteiger partial charge in [0.1, 0.15) is 6.61 Å². The third-order valence-corrected chi connectivity index (χ3v) is 7.03. The number of benzene rings is 2. The van der Waals surface area contributed by atoms with Crippen molar-refractivity contribution in [3.63, 3.8) is 0 Å². The zero-order chi connectivity index (χ0) is 25.1. The van der Waals surface area contributed by atoms with Crippen LogP contribution >= 0.6 is 0 Å². The maximum absolute atomic E-state index is 12.0. The Kier molecular flexibility index (Phi) is 10.3. The van der Waals surface area contributed by atoms with Gasteiger partial charge in [0.25, 0.3) is 0 Å². The first-order valence-electron chi connectivity index (χ1n) is 10.7. The average molecular weight is 495 g/mol. The van der Waals surface area contributed by atoms with E-state index in [9.17, 15) is 8.42 Å². The molecule has 1 fully saturated rings. The van der Waals surface area contributed by atoms with Gasteiger partial charge in [-0.2, -0.15) is 4.31 Å². The van der Waals surface area contributed by atoms with E-state index in [2.05, 4.69) is 4.90 Å². The molecule has 34 heavy (non-hydrogen) atoms. The first-order chi connectivity index (χ1) is 16.2. The number of hydrogen-bond acceptors (Lipinski definition) is 7. The number of sulfonamides is 1. The minimum Gasteiger partial charge on any atom is -0.493 e. The first-order valence-corrected chi connectivity index (χ1v) is 12.3. The number of aliphatic carboxylic acids is 2. The Bertz CT molecular complexity index is 1040. The molecule has 11 heteroatoms. The molecule has 2 aromatic carbocycles. The van der Waals surface area contributed by atoms with Crippen LogP contribution in [0.15, 0.2) is 48.5 Å². The second-order valence-electron chi connectivity index (χ2n) is 7.45. The molecule has 0 aliphatic carbocycles. The maximum Gasteiger partial charge on any atom is 0.414 e. The highest BCUT2D eigenvalue weighted by atomic mass is 32.2. The van der Waals surface area contributed by atoms with Gasteiger partial charge in [0.05, 0.1) is 12.9 Å². The van der Waals surface area contributed by atoms with Gasteiger partial charge >= 0.3 is 11.9 Å². The van der Waals surface area contributed by atoms with Crippen LogP contribution in [0.5, 0.6) is 11.5 Å². The molecular weight excluding hydrogens is 464 g/mol. The molecule has 10 nitrogen and oxygen atoms in total. The van der Waals surface area contributed by atoms with Crippen LogP contribution in [0.2, 0.25) is 0 Å². The van der Waals surface area contributed by atoms with Gasteiger partial charge in [0.2, 0.25) is 10.0 Å². The predicted octanol–water partition coefficient (Wildman–Crippen LogP) is 1.90. The molecule has 0 atom stereocenters. The Morgan fingerprint density at radius 2 is 1.53 bits per heavy atom. The van der Waals surface area contributed by atoms with Crippen LogP contribution < -0.4 is 9.47 Å². The number of methoxy groups -OCH3 is 1. The SMILES string of the molecule is CCS(=O)(=O)N1CCN(Cc2ccc(OCc3ccccc3)c(OC)c2)CC1.O=C(O)C(=O)O. The molecular formula is C23H30N2O8S. The van der Waals surface area contributed by atoms with Crippen molar-refractivity contribution in [3.05, 3.63) is 59.7 Å². The topological polar surface area (TPSA) is 134 Å². The Hall–Kier alpha value is -3.15. The van der Waals surface area contributed by atoms with Gasteiger partial charge < -0.3 is 19.7 Å². The summed E-state index contributed by atoms with van der Waals surface area (Å²) < 4.78 is 37.0. The van der Waals surface area contributed by atoms with Crippen molar-refractivity contribution in [2.45, 2.75) is 20.1 Å². The molecule has 1 aliphatic rings.